The number of amides is 2. The second-order valence-electron chi connectivity index (χ2n) is 5.58. The molecule has 1 unspecified atom stereocenters. The Bertz CT molecular complexity index is 888. The summed E-state index contributed by atoms with van der Waals surface area (Å²) in [6, 6.07) is 11.9. The van der Waals surface area contributed by atoms with Crippen LogP contribution in [0.15, 0.2) is 70.3 Å². The van der Waals surface area contributed by atoms with Crippen LogP contribution >= 0.6 is 0 Å². The van der Waals surface area contributed by atoms with Gasteiger partial charge in [-0.3, -0.25) is 4.79 Å². The Kier molecular flexibility index (Phi) is 4.94. The number of aromatic nitrogens is 2. The number of oxazole rings is 1. The second kappa shape index (κ2) is 7.48. The molecule has 3 aromatic rings. The maximum absolute atomic E-state index is 12.3. The van der Waals surface area contributed by atoms with Crippen LogP contribution in [-0.4, -0.2) is 15.6 Å². The predicted octanol–water partition coefficient (Wildman–Crippen LogP) is 2.48. The van der Waals surface area contributed by atoms with Crippen molar-refractivity contribution < 1.29 is 9.21 Å². The summed E-state index contributed by atoms with van der Waals surface area (Å²) in [5.41, 5.74) is 1.26. The molecule has 0 aliphatic heterocycles. The number of benzene rings is 1. The maximum Gasteiger partial charge on any atom is 0.319 e. The Hall–Kier alpha value is -3.35. The molecular formula is C18H18N4O3. The summed E-state index contributed by atoms with van der Waals surface area (Å²) in [4.78, 5) is 28.1. The highest BCUT2D eigenvalue weighted by atomic mass is 16.3. The summed E-state index contributed by atoms with van der Waals surface area (Å²) in [6.07, 6.45) is 5.13. The van der Waals surface area contributed by atoms with Crippen molar-refractivity contribution in [2.75, 3.05) is 5.32 Å². The van der Waals surface area contributed by atoms with E-state index in [1.54, 1.807) is 19.3 Å². The molecular weight excluding hydrogens is 320 g/mol. The zero-order valence-corrected chi connectivity index (χ0v) is 13.7. The van der Waals surface area contributed by atoms with E-state index in [4.69, 9.17) is 4.42 Å². The summed E-state index contributed by atoms with van der Waals surface area (Å²) in [7, 11) is 1.64. The van der Waals surface area contributed by atoms with Crippen LogP contribution in [-0.2, 0) is 13.5 Å². The first-order chi connectivity index (χ1) is 12.1. The minimum absolute atomic E-state index is 0.202. The first-order valence-corrected chi connectivity index (χ1v) is 7.79. The van der Waals surface area contributed by atoms with Crippen molar-refractivity contribution in [1.29, 1.82) is 0 Å². The number of pyridine rings is 1. The summed E-state index contributed by atoms with van der Waals surface area (Å²) in [6.45, 7) is 0. The number of rotatable bonds is 5. The van der Waals surface area contributed by atoms with Gasteiger partial charge >= 0.3 is 6.03 Å². The molecule has 0 radical (unpaired) electrons. The van der Waals surface area contributed by atoms with E-state index in [1.165, 1.54) is 23.1 Å². The van der Waals surface area contributed by atoms with E-state index in [1.807, 2.05) is 30.3 Å². The molecule has 0 bridgehead atoms. The summed E-state index contributed by atoms with van der Waals surface area (Å²) in [5.74, 6) is 0.419. The first kappa shape index (κ1) is 16.5. The SMILES string of the molecule is Cn1ccc(NC(=O)NC(Cc2ccccc2)c2ncco2)cc1=O. The number of hydrogen-bond donors (Lipinski definition) is 2. The Morgan fingerprint density at radius 3 is 2.76 bits per heavy atom. The van der Waals surface area contributed by atoms with Crippen LogP contribution in [0, 0.1) is 0 Å². The van der Waals surface area contributed by atoms with Crippen molar-refractivity contribution in [3.8, 4) is 0 Å². The fourth-order valence-corrected chi connectivity index (χ4v) is 2.41. The molecule has 2 N–H and O–H groups in total. The number of carbonyl (C=O) groups excluding carboxylic acids is 1. The minimum Gasteiger partial charge on any atom is -0.447 e. The molecule has 2 amide bonds. The van der Waals surface area contributed by atoms with Gasteiger partial charge in [0.1, 0.15) is 12.3 Å². The highest BCUT2D eigenvalue weighted by Crippen LogP contribution is 2.17. The first-order valence-electron chi connectivity index (χ1n) is 7.79. The standard InChI is InChI=1S/C18H18N4O3/c1-22-9-7-14(12-16(22)23)20-18(24)21-15(17-19-8-10-25-17)11-13-5-3-2-4-6-13/h2-10,12,15H,11H2,1H3,(H2,20,21,24). The Morgan fingerprint density at radius 1 is 1.28 bits per heavy atom. The molecule has 0 fully saturated rings. The Morgan fingerprint density at radius 2 is 2.08 bits per heavy atom. The summed E-state index contributed by atoms with van der Waals surface area (Å²) in [5, 5.41) is 5.49. The van der Waals surface area contributed by atoms with Gasteiger partial charge in [-0.2, -0.15) is 0 Å². The number of nitrogens with one attached hydrogen (secondary N) is 2. The number of urea groups is 1. The van der Waals surface area contributed by atoms with Crippen LogP contribution in [0.25, 0.3) is 0 Å². The van der Waals surface area contributed by atoms with E-state index in [9.17, 15) is 9.59 Å². The van der Waals surface area contributed by atoms with Gasteiger partial charge in [0.2, 0.25) is 5.89 Å². The molecule has 25 heavy (non-hydrogen) atoms. The van der Waals surface area contributed by atoms with E-state index >= 15 is 0 Å². The van der Waals surface area contributed by atoms with Crippen LogP contribution in [0.5, 0.6) is 0 Å². The molecule has 2 heterocycles. The molecule has 0 aliphatic carbocycles. The van der Waals surface area contributed by atoms with Gasteiger partial charge in [-0.1, -0.05) is 30.3 Å². The van der Waals surface area contributed by atoms with Crippen LogP contribution in [0.3, 0.4) is 0 Å². The van der Waals surface area contributed by atoms with Gasteiger partial charge in [0, 0.05) is 31.4 Å². The van der Waals surface area contributed by atoms with Gasteiger partial charge in [-0.15, -0.1) is 0 Å². The number of carbonyl (C=O) groups is 1. The quantitative estimate of drug-likeness (QED) is 0.748. The number of anilines is 1. The lowest BCUT2D eigenvalue weighted by Crippen LogP contribution is -2.34. The van der Waals surface area contributed by atoms with Gasteiger partial charge in [-0.05, 0) is 11.6 Å². The Labute approximate surface area is 144 Å². The van der Waals surface area contributed by atoms with Gasteiger partial charge in [-0.25, -0.2) is 9.78 Å². The van der Waals surface area contributed by atoms with Crippen molar-refractivity contribution in [3.05, 3.63) is 82.9 Å². The van der Waals surface area contributed by atoms with E-state index in [0.29, 0.717) is 18.0 Å². The lowest BCUT2D eigenvalue weighted by atomic mass is 10.1. The minimum atomic E-state index is -0.438. The maximum atomic E-state index is 12.3. The molecule has 0 spiro atoms. The van der Waals surface area contributed by atoms with Gasteiger partial charge in [0.05, 0.1) is 6.20 Å². The van der Waals surface area contributed by atoms with E-state index in [2.05, 4.69) is 15.6 Å². The lowest BCUT2D eigenvalue weighted by Gasteiger charge is -2.16. The predicted molar refractivity (Wildman–Crippen MR) is 93.2 cm³/mol. The fourth-order valence-electron chi connectivity index (χ4n) is 2.41. The highest BCUT2D eigenvalue weighted by Gasteiger charge is 2.19. The van der Waals surface area contributed by atoms with Gasteiger partial charge in [0.15, 0.2) is 0 Å². The molecule has 7 nitrogen and oxygen atoms in total. The van der Waals surface area contributed by atoms with Crippen molar-refractivity contribution in [2.24, 2.45) is 7.05 Å². The van der Waals surface area contributed by atoms with Crippen molar-refractivity contribution in [3.63, 3.8) is 0 Å². The van der Waals surface area contributed by atoms with Crippen LogP contribution in [0.1, 0.15) is 17.5 Å². The zero-order valence-electron chi connectivity index (χ0n) is 13.7. The van der Waals surface area contributed by atoms with E-state index in [-0.39, 0.29) is 5.56 Å². The molecule has 128 valence electrons. The monoisotopic (exact) mass is 338 g/mol. The third-order valence-electron chi connectivity index (χ3n) is 3.70. The molecule has 0 saturated carbocycles. The number of nitrogens with zero attached hydrogens (tertiary/aromatic N) is 2. The zero-order chi connectivity index (χ0) is 17.6. The second-order valence-corrected chi connectivity index (χ2v) is 5.58. The number of aryl methyl sites for hydroxylation is 1. The third-order valence-corrected chi connectivity index (χ3v) is 3.70. The smallest absolute Gasteiger partial charge is 0.319 e. The molecule has 1 aromatic carbocycles. The highest BCUT2D eigenvalue weighted by molar-refractivity contribution is 5.89. The fraction of sp³-hybridized carbons (Fsp3) is 0.167. The van der Waals surface area contributed by atoms with E-state index in [0.717, 1.165) is 5.56 Å². The largest absolute Gasteiger partial charge is 0.447 e. The summed E-state index contributed by atoms with van der Waals surface area (Å²) >= 11 is 0. The lowest BCUT2D eigenvalue weighted by molar-refractivity contribution is 0.245. The van der Waals surface area contributed by atoms with Gasteiger partial charge < -0.3 is 19.6 Å². The Balaban J connectivity index is 1.72. The molecule has 7 heteroatoms. The average molecular weight is 338 g/mol. The summed E-state index contributed by atoms with van der Waals surface area (Å²) < 4.78 is 6.77. The van der Waals surface area contributed by atoms with Crippen molar-refractivity contribution >= 4 is 11.7 Å². The third kappa shape index (κ3) is 4.35. The average Bonchev–Trinajstić information content (AvgIpc) is 3.13. The molecule has 2 aromatic heterocycles. The van der Waals surface area contributed by atoms with Gasteiger partial charge in [0.25, 0.3) is 5.56 Å². The molecule has 3 rings (SSSR count). The molecule has 0 saturated heterocycles. The van der Waals surface area contributed by atoms with Crippen LogP contribution in [0.2, 0.25) is 0 Å². The normalized spacial score (nSPS) is 11.7. The topological polar surface area (TPSA) is 89.2 Å². The van der Waals surface area contributed by atoms with Crippen molar-refractivity contribution in [2.45, 2.75) is 12.5 Å². The number of hydrogen-bond acceptors (Lipinski definition) is 4. The molecule has 1 atom stereocenters. The molecule has 0 aliphatic rings. The van der Waals surface area contributed by atoms with Crippen LogP contribution in [0.4, 0.5) is 10.5 Å². The van der Waals surface area contributed by atoms with Crippen LogP contribution < -0.4 is 16.2 Å². The van der Waals surface area contributed by atoms with E-state index < -0.39 is 12.1 Å². The van der Waals surface area contributed by atoms with Crippen molar-refractivity contribution in [1.82, 2.24) is 14.9 Å².